The van der Waals surface area contributed by atoms with Gasteiger partial charge in [-0.3, -0.25) is 10.1 Å². The molecule has 0 saturated carbocycles. The SMILES string of the molecule is CC(C)N(Cc1cccs1)c1ncnc(N)c1[N+](=O)[O-]. The number of nitrogens with zero attached hydrogens (tertiary/aromatic N) is 4. The molecule has 0 aliphatic carbocycles. The van der Waals surface area contributed by atoms with Crippen molar-refractivity contribution in [1.82, 2.24) is 9.97 Å². The molecule has 2 rings (SSSR count). The number of nitrogen functional groups attached to an aromatic ring is 1. The van der Waals surface area contributed by atoms with Crippen molar-refractivity contribution in [2.45, 2.75) is 26.4 Å². The van der Waals surface area contributed by atoms with Crippen molar-refractivity contribution < 1.29 is 4.92 Å². The Bertz CT molecular complexity index is 600. The van der Waals surface area contributed by atoms with Gasteiger partial charge >= 0.3 is 5.69 Å². The second kappa shape index (κ2) is 5.83. The molecule has 20 heavy (non-hydrogen) atoms. The van der Waals surface area contributed by atoms with Crippen LogP contribution in [0.1, 0.15) is 18.7 Å². The van der Waals surface area contributed by atoms with E-state index in [1.54, 1.807) is 11.3 Å². The van der Waals surface area contributed by atoms with Gasteiger partial charge in [0.1, 0.15) is 6.33 Å². The molecule has 0 aliphatic rings. The second-order valence-electron chi connectivity index (χ2n) is 4.49. The highest BCUT2D eigenvalue weighted by Gasteiger charge is 2.27. The summed E-state index contributed by atoms with van der Waals surface area (Å²) in [5.74, 6) is 0.141. The smallest absolute Gasteiger partial charge is 0.353 e. The van der Waals surface area contributed by atoms with E-state index in [0.29, 0.717) is 6.54 Å². The number of nitrogens with two attached hydrogens (primary N) is 1. The molecule has 2 N–H and O–H groups in total. The average Bonchev–Trinajstić information content (AvgIpc) is 2.87. The number of nitro groups is 1. The standard InChI is InChI=1S/C12H15N5O2S/c1-8(2)16(6-9-4-3-5-20-9)12-10(17(18)19)11(13)14-7-15-12/h3-5,7-8H,6H2,1-2H3,(H2,13,14,15). The number of hydrogen-bond donors (Lipinski definition) is 1. The first-order valence-electron chi connectivity index (χ1n) is 6.04. The number of thiophene rings is 1. The molecule has 7 nitrogen and oxygen atoms in total. The summed E-state index contributed by atoms with van der Waals surface area (Å²) in [6, 6.07) is 3.97. The number of anilines is 2. The van der Waals surface area contributed by atoms with Crippen molar-refractivity contribution in [1.29, 1.82) is 0 Å². The van der Waals surface area contributed by atoms with Crippen LogP contribution in [0.2, 0.25) is 0 Å². The molecule has 0 amide bonds. The van der Waals surface area contributed by atoms with Gasteiger partial charge in [-0.25, -0.2) is 9.97 Å². The first kappa shape index (κ1) is 14.2. The lowest BCUT2D eigenvalue weighted by atomic mass is 10.2. The molecule has 0 radical (unpaired) electrons. The zero-order valence-electron chi connectivity index (χ0n) is 11.2. The maximum absolute atomic E-state index is 11.2. The zero-order chi connectivity index (χ0) is 14.7. The monoisotopic (exact) mass is 293 g/mol. The summed E-state index contributed by atoms with van der Waals surface area (Å²) < 4.78 is 0. The van der Waals surface area contributed by atoms with E-state index in [4.69, 9.17) is 5.73 Å². The topological polar surface area (TPSA) is 98.2 Å². The molecule has 2 aromatic rings. The Morgan fingerprint density at radius 3 is 2.80 bits per heavy atom. The fourth-order valence-electron chi connectivity index (χ4n) is 1.84. The van der Waals surface area contributed by atoms with E-state index in [1.165, 1.54) is 6.33 Å². The molecule has 8 heteroatoms. The second-order valence-corrected chi connectivity index (χ2v) is 5.52. The summed E-state index contributed by atoms with van der Waals surface area (Å²) in [7, 11) is 0. The molecule has 0 aliphatic heterocycles. The molecule has 0 atom stereocenters. The highest BCUT2D eigenvalue weighted by atomic mass is 32.1. The molecule has 0 aromatic carbocycles. The first-order chi connectivity index (χ1) is 9.50. The Morgan fingerprint density at radius 2 is 2.25 bits per heavy atom. The van der Waals surface area contributed by atoms with Gasteiger partial charge in [0.25, 0.3) is 0 Å². The zero-order valence-corrected chi connectivity index (χ0v) is 12.0. The lowest BCUT2D eigenvalue weighted by Crippen LogP contribution is -2.31. The molecule has 2 heterocycles. The Hall–Kier alpha value is -2.22. The molecule has 0 bridgehead atoms. The van der Waals surface area contributed by atoms with Gasteiger partial charge in [-0.05, 0) is 25.3 Å². The van der Waals surface area contributed by atoms with Crippen LogP contribution >= 0.6 is 11.3 Å². The quantitative estimate of drug-likeness (QED) is 0.671. The van der Waals surface area contributed by atoms with Crippen molar-refractivity contribution in [3.63, 3.8) is 0 Å². The number of rotatable bonds is 5. The molecule has 0 unspecified atom stereocenters. The van der Waals surface area contributed by atoms with Crippen molar-refractivity contribution >= 4 is 28.7 Å². The van der Waals surface area contributed by atoms with E-state index in [9.17, 15) is 10.1 Å². The van der Waals surface area contributed by atoms with Gasteiger partial charge in [-0.15, -0.1) is 11.3 Å². The van der Waals surface area contributed by atoms with Gasteiger partial charge in [0.05, 0.1) is 11.5 Å². The molecule has 106 valence electrons. The lowest BCUT2D eigenvalue weighted by Gasteiger charge is -2.26. The summed E-state index contributed by atoms with van der Waals surface area (Å²) in [6.45, 7) is 4.46. The highest BCUT2D eigenvalue weighted by molar-refractivity contribution is 7.09. The van der Waals surface area contributed by atoms with Crippen LogP contribution in [0.15, 0.2) is 23.8 Å². The van der Waals surface area contributed by atoms with Crippen molar-refractivity contribution in [3.05, 3.63) is 38.8 Å². The molecular weight excluding hydrogens is 278 g/mol. The fourth-order valence-corrected chi connectivity index (χ4v) is 2.54. The Labute approximate surface area is 120 Å². The lowest BCUT2D eigenvalue weighted by molar-refractivity contribution is -0.383. The first-order valence-corrected chi connectivity index (χ1v) is 6.92. The summed E-state index contributed by atoms with van der Waals surface area (Å²) in [6.07, 6.45) is 1.25. The molecule has 0 saturated heterocycles. The van der Waals surface area contributed by atoms with Gasteiger partial charge in [0.2, 0.25) is 11.6 Å². The minimum absolute atomic E-state index is 0.0464. The Kier molecular flexibility index (Phi) is 4.14. The van der Waals surface area contributed by atoms with Gasteiger partial charge in [0.15, 0.2) is 0 Å². The van der Waals surface area contributed by atoms with Crippen LogP contribution in [0.4, 0.5) is 17.3 Å². The van der Waals surface area contributed by atoms with Crippen LogP contribution < -0.4 is 10.6 Å². The third kappa shape index (κ3) is 2.85. The van der Waals surface area contributed by atoms with Crippen molar-refractivity contribution in [3.8, 4) is 0 Å². The van der Waals surface area contributed by atoms with Crippen LogP contribution in [0.5, 0.6) is 0 Å². The number of hydrogen-bond acceptors (Lipinski definition) is 7. The number of aromatic nitrogens is 2. The van der Waals surface area contributed by atoms with E-state index >= 15 is 0 Å². The third-order valence-electron chi connectivity index (χ3n) is 2.82. The van der Waals surface area contributed by atoms with Crippen LogP contribution in [0.25, 0.3) is 0 Å². The fraction of sp³-hybridized carbons (Fsp3) is 0.333. The maximum Gasteiger partial charge on any atom is 0.353 e. The van der Waals surface area contributed by atoms with Gasteiger partial charge in [0, 0.05) is 10.9 Å². The van der Waals surface area contributed by atoms with Gasteiger partial charge in [-0.2, -0.15) is 0 Å². The summed E-state index contributed by atoms with van der Waals surface area (Å²) in [5, 5.41) is 13.2. The molecule has 0 fully saturated rings. The summed E-state index contributed by atoms with van der Waals surface area (Å²) >= 11 is 1.60. The minimum atomic E-state index is -0.533. The molecular formula is C12H15N5O2S. The van der Waals surface area contributed by atoms with Crippen LogP contribution in [0, 0.1) is 10.1 Å². The normalized spacial score (nSPS) is 10.8. The van der Waals surface area contributed by atoms with Gasteiger partial charge < -0.3 is 10.6 Å². The summed E-state index contributed by atoms with van der Waals surface area (Å²) in [5.41, 5.74) is 5.38. The van der Waals surface area contributed by atoms with E-state index in [1.807, 2.05) is 36.3 Å². The van der Waals surface area contributed by atoms with Crippen LogP contribution in [-0.4, -0.2) is 20.9 Å². The largest absolute Gasteiger partial charge is 0.378 e. The van der Waals surface area contributed by atoms with Crippen LogP contribution in [0.3, 0.4) is 0 Å². The summed E-state index contributed by atoms with van der Waals surface area (Å²) in [4.78, 5) is 21.4. The predicted octanol–water partition coefficient (Wildman–Crippen LogP) is 2.44. The molecule has 0 spiro atoms. The van der Waals surface area contributed by atoms with Crippen LogP contribution in [-0.2, 0) is 6.54 Å². The van der Waals surface area contributed by atoms with E-state index < -0.39 is 4.92 Å². The van der Waals surface area contributed by atoms with E-state index in [-0.39, 0.29) is 23.4 Å². The Morgan fingerprint density at radius 1 is 1.50 bits per heavy atom. The highest BCUT2D eigenvalue weighted by Crippen LogP contribution is 2.32. The minimum Gasteiger partial charge on any atom is -0.378 e. The Balaban J connectivity index is 2.44. The maximum atomic E-state index is 11.2. The van der Waals surface area contributed by atoms with Gasteiger partial charge in [-0.1, -0.05) is 6.07 Å². The molecule has 2 aromatic heterocycles. The van der Waals surface area contributed by atoms with Crippen molar-refractivity contribution in [2.24, 2.45) is 0 Å². The predicted molar refractivity (Wildman–Crippen MR) is 78.7 cm³/mol. The van der Waals surface area contributed by atoms with E-state index in [0.717, 1.165) is 4.88 Å². The third-order valence-corrected chi connectivity index (χ3v) is 3.68. The van der Waals surface area contributed by atoms with Crippen molar-refractivity contribution in [2.75, 3.05) is 10.6 Å². The van der Waals surface area contributed by atoms with E-state index in [2.05, 4.69) is 9.97 Å². The average molecular weight is 293 g/mol.